The van der Waals surface area contributed by atoms with Gasteiger partial charge in [-0.3, -0.25) is 9.05 Å². The minimum atomic E-state index is -4.30. The van der Waals surface area contributed by atoms with Crippen molar-refractivity contribution in [3.63, 3.8) is 0 Å². The van der Waals surface area contributed by atoms with E-state index in [0.717, 1.165) is 25.7 Å². The quantitative estimate of drug-likeness (QED) is 0.154. The van der Waals surface area contributed by atoms with Gasteiger partial charge in [-0.15, -0.1) is 0 Å². The van der Waals surface area contributed by atoms with E-state index in [-0.39, 0.29) is 19.8 Å². The lowest BCUT2D eigenvalue weighted by Crippen LogP contribution is -2.30. The zero-order valence-electron chi connectivity index (χ0n) is 16.9. The van der Waals surface area contributed by atoms with Crippen LogP contribution >= 0.6 is 7.82 Å². The van der Waals surface area contributed by atoms with Gasteiger partial charge in [0.1, 0.15) is 13.2 Å². The van der Waals surface area contributed by atoms with Gasteiger partial charge >= 0.3 is 0 Å². The summed E-state index contributed by atoms with van der Waals surface area (Å²) >= 11 is 0. The molecule has 8 radical (unpaired) electrons. The molecule has 0 saturated carbocycles. The summed E-state index contributed by atoms with van der Waals surface area (Å²) in [5.74, 6) is 0. The van der Waals surface area contributed by atoms with Gasteiger partial charge in [-0.25, -0.2) is 0 Å². The van der Waals surface area contributed by atoms with E-state index in [1.165, 1.54) is 57.8 Å². The molecule has 0 saturated heterocycles. The lowest BCUT2D eigenvalue weighted by Gasteiger charge is -2.25. The summed E-state index contributed by atoms with van der Waals surface area (Å²) < 4.78 is 20.1. The van der Waals surface area contributed by atoms with E-state index in [0.29, 0.717) is 6.42 Å². The Balaban J connectivity index is 3.31. The first-order valence-corrected chi connectivity index (χ1v) is 11.8. The highest BCUT2D eigenvalue weighted by Gasteiger charge is 2.15. The van der Waals surface area contributed by atoms with E-state index in [4.69, 9.17) is 32.6 Å². The maximum Gasteiger partial charge on any atom is 0.268 e. The number of nitrogens with zero attached hydrogens (tertiary/aromatic N) is 1. The van der Waals surface area contributed by atoms with Crippen molar-refractivity contribution >= 4 is 7.82 Å². The Morgan fingerprint density at radius 3 is 1.44 bits per heavy atom. The van der Waals surface area contributed by atoms with Gasteiger partial charge in [0.25, 0.3) is 7.82 Å². The molecule has 0 aliphatic carbocycles. The third kappa shape index (κ3) is 22.2. The van der Waals surface area contributed by atoms with Crippen LogP contribution in [0.2, 0.25) is 0 Å². The van der Waals surface area contributed by atoms with Crippen molar-refractivity contribution in [2.75, 3.05) is 19.8 Å². The summed E-state index contributed by atoms with van der Waals surface area (Å²) in [6.07, 6.45) is 16.3. The van der Waals surface area contributed by atoms with Crippen LogP contribution in [0.4, 0.5) is 0 Å². The fourth-order valence-electron chi connectivity index (χ4n) is 2.72. The summed E-state index contributed by atoms with van der Waals surface area (Å²) in [5, 5.41) is 0. The van der Waals surface area contributed by atoms with Crippen LogP contribution in [0, 0.1) is 28.1 Å². The predicted octanol–water partition coefficient (Wildman–Crippen LogP) is 5.48. The largest absolute Gasteiger partial charge is 0.756 e. The minimum Gasteiger partial charge on any atom is -0.756 e. The lowest BCUT2D eigenvalue weighted by atomic mass is 10.0. The summed E-state index contributed by atoms with van der Waals surface area (Å²) in [5.41, 5.74) is 0. The smallest absolute Gasteiger partial charge is 0.268 e. The van der Waals surface area contributed by atoms with Gasteiger partial charge in [0.2, 0.25) is 21.1 Å². The Hall–Kier alpha value is 0.0700. The van der Waals surface area contributed by atoms with Gasteiger partial charge in [0, 0.05) is 0 Å². The summed E-state index contributed by atoms with van der Waals surface area (Å²) in [7, 11) is 11.5. The highest BCUT2D eigenvalue weighted by atomic mass is 31.2. The number of quaternary nitrogens is 1. The number of phosphoric acid groups is 1. The SMILES string of the molecule is [CH]CCCCCCCCCCCCCCCOP(=O)([O-])OCC[N+]([CH])([CH])[CH]. The molecule has 6 heteroatoms. The van der Waals surface area contributed by atoms with Gasteiger partial charge in [0.05, 0.1) is 6.61 Å². The standard InChI is InChI=1S/C21H39NO4P/c1-5-6-7-8-9-10-11-12-13-14-15-16-17-18-20-25-27(23,24)26-21-19-22(2,3)4/h1-4H,5-21H2,(H,23,24)/q+1/p-1. The van der Waals surface area contributed by atoms with Gasteiger partial charge < -0.3 is 13.9 Å². The van der Waals surface area contributed by atoms with E-state index >= 15 is 0 Å². The molecule has 27 heavy (non-hydrogen) atoms. The monoisotopic (exact) mass is 399 g/mol. The van der Waals surface area contributed by atoms with Crippen LogP contribution < -0.4 is 4.89 Å². The summed E-state index contributed by atoms with van der Waals surface area (Å²) in [6, 6.07) is 0. The first-order chi connectivity index (χ1) is 12.8. The summed E-state index contributed by atoms with van der Waals surface area (Å²) in [4.78, 5) is 11.5. The van der Waals surface area contributed by atoms with Crippen molar-refractivity contribution in [1.29, 1.82) is 0 Å². The molecule has 0 aromatic carbocycles. The van der Waals surface area contributed by atoms with E-state index in [2.05, 4.69) is 4.52 Å². The van der Waals surface area contributed by atoms with Crippen molar-refractivity contribution in [1.82, 2.24) is 0 Å². The molecular formula is C21H38NO4P. The van der Waals surface area contributed by atoms with Gasteiger partial charge in [-0.2, -0.15) is 0 Å². The molecule has 0 rings (SSSR count). The van der Waals surface area contributed by atoms with Gasteiger partial charge in [-0.05, 0) is 19.8 Å². The first-order valence-electron chi connectivity index (χ1n) is 10.3. The van der Waals surface area contributed by atoms with E-state index < -0.39 is 12.3 Å². The van der Waals surface area contributed by atoms with Crippen LogP contribution in [0.1, 0.15) is 89.9 Å². The third-order valence-electron chi connectivity index (χ3n) is 4.33. The minimum absolute atomic E-state index is 0.0378. The Bertz CT molecular complexity index is 372. The Morgan fingerprint density at radius 1 is 0.667 bits per heavy atom. The van der Waals surface area contributed by atoms with Crippen LogP contribution in [0.15, 0.2) is 0 Å². The average molecular weight is 400 g/mol. The molecule has 0 aromatic heterocycles. The number of rotatable bonds is 20. The summed E-state index contributed by atoms with van der Waals surface area (Å²) in [6.45, 7) is 5.36. The molecule has 0 spiro atoms. The fraction of sp³-hybridized carbons (Fsp3) is 0.810. The lowest BCUT2D eigenvalue weighted by molar-refractivity contribution is -0.794. The first kappa shape index (κ1) is 27.1. The Morgan fingerprint density at radius 2 is 1.04 bits per heavy atom. The number of unbranched alkanes of at least 4 members (excludes halogenated alkanes) is 13. The second kappa shape index (κ2) is 17.0. The van der Waals surface area contributed by atoms with Gasteiger partial charge in [-0.1, -0.05) is 77.0 Å². The normalized spacial score (nSPS) is 14.4. The zero-order chi connectivity index (χ0) is 20.4. The molecule has 5 nitrogen and oxygen atoms in total. The second-order valence-electron chi connectivity index (χ2n) is 7.22. The van der Waals surface area contributed by atoms with Crippen LogP contribution in [0.3, 0.4) is 0 Å². The molecule has 0 aliphatic heterocycles. The molecule has 1 atom stereocenters. The molecule has 0 aliphatic rings. The van der Waals surface area contributed by atoms with Crippen molar-refractivity contribution in [3.8, 4) is 0 Å². The molecule has 0 bridgehead atoms. The van der Waals surface area contributed by atoms with Gasteiger partial charge in [0.15, 0.2) is 0 Å². The zero-order valence-corrected chi connectivity index (χ0v) is 17.8. The number of hydrogen-bond donors (Lipinski definition) is 0. The molecule has 0 heterocycles. The number of phosphoric ester groups is 1. The van der Waals surface area contributed by atoms with Crippen LogP contribution in [-0.2, 0) is 13.6 Å². The Labute approximate surface area is 169 Å². The van der Waals surface area contributed by atoms with Crippen molar-refractivity contribution in [2.45, 2.75) is 89.9 Å². The maximum atomic E-state index is 11.5. The molecule has 0 N–H and O–H groups in total. The highest BCUT2D eigenvalue weighted by Crippen LogP contribution is 2.38. The molecule has 156 valence electrons. The second-order valence-corrected chi connectivity index (χ2v) is 8.63. The van der Waals surface area contributed by atoms with E-state index in [9.17, 15) is 9.46 Å². The molecule has 0 amide bonds. The molecule has 0 aromatic rings. The average Bonchev–Trinajstić information content (AvgIpc) is 2.57. The fourth-order valence-corrected chi connectivity index (χ4v) is 3.45. The van der Waals surface area contributed by atoms with E-state index in [1.807, 2.05) is 0 Å². The van der Waals surface area contributed by atoms with Crippen molar-refractivity contribution in [2.24, 2.45) is 0 Å². The predicted molar refractivity (Wildman–Crippen MR) is 106 cm³/mol. The van der Waals surface area contributed by atoms with Crippen molar-refractivity contribution in [3.05, 3.63) is 28.1 Å². The van der Waals surface area contributed by atoms with Crippen LogP contribution in [0.5, 0.6) is 0 Å². The van der Waals surface area contributed by atoms with Crippen LogP contribution in [0.25, 0.3) is 0 Å². The maximum absolute atomic E-state index is 11.5. The van der Waals surface area contributed by atoms with E-state index in [1.54, 1.807) is 0 Å². The Kier molecular flexibility index (Phi) is 17.0. The highest BCUT2D eigenvalue weighted by molar-refractivity contribution is 7.45. The topological polar surface area (TPSA) is 58.6 Å². The third-order valence-corrected chi connectivity index (χ3v) is 5.32. The molecule has 0 fully saturated rings. The molecular weight excluding hydrogens is 361 g/mol. The number of hydrogen-bond acceptors (Lipinski definition) is 4. The van der Waals surface area contributed by atoms with Crippen molar-refractivity contribution < 1.29 is 23.0 Å². The molecule has 1 unspecified atom stereocenters. The van der Waals surface area contributed by atoms with Crippen LogP contribution in [-0.4, -0.2) is 24.2 Å².